The highest BCUT2D eigenvalue weighted by Gasteiger charge is 2.18. The number of ether oxygens (including phenoxy) is 1. The monoisotopic (exact) mass is 360 g/mol. The van der Waals surface area contributed by atoms with Gasteiger partial charge in [0.05, 0.1) is 12.7 Å². The molecule has 7 nitrogen and oxygen atoms in total. The maximum absolute atomic E-state index is 12.6. The summed E-state index contributed by atoms with van der Waals surface area (Å²) < 4.78 is 13.4. The largest absolute Gasteiger partial charge is 0.497 e. The number of H-pyrrole nitrogens is 1. The number of amides is 1. The summed E-state index contributed by atoms with van der Waals surface area (Å²) in [5, 5.41) is 10.6. The molecule has 0 saturated heterocycles. The van der Waals surface area contributed by atoms with Gasteiger partial charge in [0.1, 0.15) is 22.9 Å². The van der Waals surface area contributed by atoms with E-state index in [9.17, 15) is 4.79 Å². The molecule has 2 N–H and O–H groups in total. The van der Waals surface area contributed by atoms with Crippen LogP contribution in [0.5, 0.6) is 5.75 Å². The lowest BCUT2D eigenvalue weighted by atomic mass is 10.1. The van der Waals surface area contributed by atoms with E-state index in [0.717, 1.165) is 17.6 Å². The molecule has 0 radical (unpaired) electrons. The highest BCUT2D eigenvalue weighted by Crippen LogP contribution is 2.28. The molecule has 2 aromatic heterocycles. The van der Waals surface area contributed by atoms with Crippen molar-refractivity contribution in [1.29, 1.82) is 0 Å². The quantitative estimate of drug-likeness (QED) is 0.660. The molecule has 2 heterocycles. The Morgan fingerprint density at radius 3 is 3.00 bits per heavy atom. The number of carbonyl (C=O) groups excluding carboxylic acids is 1. The molecule has 1 aromatic carbocycles. The number of nitrogens with zero attached hydrogens (tertiary/aromatic N) is 2. The van der Waals surface area contributed by atoms with Crippen LogP contribution in [0.4, 0.5) is 0 Å². The fourth-order valence-corrected chi connectivity index (χ4v) is 3.07. The number of rotatable bonds is 6. The third-order valence-corrected chi connectivity index (χ3v) is 4.38. The lowest BCUT2D eigenvalue weighted by molar-refractivity contribution is 0.0952. The third-order valence-electron chi connectivity index (χ3n) is 4.07. The fourth-order valence-electron chi connectivity index (χ4n) is 2.83. The molecule has 0 unspecified atom stereocenters. The van der Waals surface area contributed by atoms with E-state index in [1.165, 1.54) is 0 Å². The first kappa shape index (κ1) is 17.2. The minimum atomic E-state index is -0.183. The minimum Gasteiger partial charge on any atom is -0.497 e. The molecule has 0 bridgehead atoms. The van der Waals surface area contributed by atoms with Gasteiger partial charge in [0.15, 0.2) is 4.77 Å². The standard InChI is InChI=1S/C17H20N4O3S/c1-4-14-19-20-17(25)21(14)8-7-18-16(22)15-10(2)24-13-6-5-11(23-3)9-12(13)15/h5-6,9H,4,7-8H2,1-3H3,(H,18,22)(H,20,25). The molecule has 8 heteroatoms. The van der Waals surface area contributed by atoms with Gasteiger partial charge in [0.25, 0.3) is 5.91 Å². The SMILES string of the molecule is CCc1n[nH]c(=S)n1CCNC(=O)c1c(C)oc2ccc(OC)cc12. The van der Waals surface area contributed by atoms with Crippen molar-refractivity contribution in [2.24, 2.45) is 0 Å². The van der Waals surface area contributed by atoms with Gasteiger partial charge in [-0.25, -0.2) is 0 Å². The number of benzene rings is 1. The predicted octanol–water partition coefficient (Wildman–Crippen LogP) is 3.00. The molecule has 1 amide bonds. The van der Waals surface area contributed by atoms with Gasteiger partial charge in [-0.3, -0.25) is 9.89 Å². The summed E-state index contributed by atoms with van der Waals surface area (Å²) in [6.45, 7) is 4.79. The average Bonchev–Trinajstić information content (AvgIpc) is 3.13. The molecule has 0 aliphatic carbocycles. The Labute approximate surface area is 150 Å². The molecule has 0 fully saturated rings. The maximum Gasteiger partial charge on any atom is 0.255 e. The number of hydrogen-bond donors (Lipinski definition) is 2. The average molecular weight is 360 g/mol. The van der Waals surface area contributed by atoms with Crippen molar-refractivity contribution >= 4 is 29.1 Å². The van der Waals surface area contributed by atoms with Gasteiger partial charge in [-0.15, -0.1) is 0 Å². The van der Waals surface area contributed by atoms with Crippen molar-refractivity contribution < 1.29 is 13.9 Å². The molecule has 0 spiro atoms. The number of aromatic nitrogens is 3. The molecule has 25 heavy (non-hydrogen) atoms. The van der Waals surface area contributed by atoms with Crippen LogP contribution < -0.4 is 10.1 Å². The van der Waals surface area contributed by atoms with Crippen molar-refractivity contribution in [3.05, 3.63) is 40.1 Å². The van der Waals surface area contributed by atoms with Crippen LogP contribution in [0.3, 0.4) is 0 Å². The van der Waals surface area contributed by atoms with Crippen molar-refractivity contribution in [3.8, 4) is 5.75 Å². The number of hydrogen-bond acceptors (Lipinski definition) is 5. The van der Waals surface area contributed by atoms with Crippen LogP contribution in [0.25, 0.3) is 11.0 Å². The highest BCUT2D eigenvalue weighted by molar-refractivity contribution is 7.71. The van der Waals surface area contributed by atoms with E-state index in [2.05, 4.69) is 15.5 Å². The van der Waals surface area contributed by atoms with E-state index in [4.69, 9.17) is 21.4 Å². The molecular formula is C17H20N4O3S. The van der Waals surface area contributed by atoms with Gasteiger partial charge < -0.3 is 19.0 Å². The number of furan rings is 1. The summed E-state index contributed by atoms with van der Waals surface area (Å²) in [5.74, 6) is 1.95. The van der Waals surface area contributed by atoms with E-state index in [1.54, 1.807) is 26.2 Å². The van der Waals surface area contributed by atoms with Crippen LogP contribution in [0.2, 0.25) is 0 Å². The van der Waals surface area contributed by atoms with Crippen LogP contribution in [-0.4, -0.2) is 34.3 Å². The van der Waals surface area contributed by atoms with E-state index in [0.29, 0.717) is 40.5 Å². The zero-order valence-corrected chi connectivity index (χ0v) is 15.2. The minimum absolute atomic E-state index is 0.183. The van der Waals surface area contributed by atoms with E-state index < -0.39 is 0 Å². The number of methoxy groups -OCH3 is 1. The van der Waals surface area contributed by atoms with Gasteiger partial charge in [-0.05, 0) is 37.3 Å². The molecule has 0 aliphatic heterocycles. The molecule has 3 rings (SSSR count). The predicted molar refractivity (Wildman–Crippen MR) is 96.6 cm³/mol. The van der Waals surface area contributed by atoms with E-state index in [1.807, 2.05) is 17.6 Å². The third kappa shape index (κ3) is 3.30. The summed E-state index contributed by atoms with van der Waals surface area (Å²) >= 11 is 5.21. The molecular weight excluding hydrogens is 340 g/mol. The van der Waals surface area contributed by atoms with E-state index >= 15 is 0 Å². The van der Waals surface area contributed by atoms with Crippen molar-refractivity contribution in [1.82, 2.24) is 20.1 Å². The summed E-state index contributed by atoms with van der Waals surface area (Å²) in [4.78, 5) is 12.6. The Kier molecular flexibility index (Phi) is 4.89. The Bertz CT molecular complexity index is 970. The van der Waals surface area contributed by atoms with Crippen molar-refractivity contribution in [2.45, 2.75) is 26.8 Å². The first-order valence-corrected chi connectivity index (χ1v) is 8.45. The first-order chi connectivity index (χ1) is 12.0. The topological polar surface area (TPSA) is 85.1 Å². The number of aromatic amines is 1. The smallest absolute Gasteiger partial charge is 0.255 e. The van der Waals surface area contributed by atoms with Crippen LogP contribution in [0.1, 0.15) is 28.9 Å². The Hall–Kier alpha value is -2.61. The summed E-state index contributed by atoms with van der Waals surface area (Å²) in [6.07, 6.45) is 0.770. The second-order valence-electron chi connectivity index (χ2n) is 5.60. The number of fused-ring (bicyclic) bond motifs is 1. The molecule has 0 saturated carbocycles. The Morgan fingerprint density at radius 1 is 1.48 bits per heavy atom. The van der Waals surface area contributed by atoms with Gasteiger partial charge in [0, 0.05) is 24.9 Å². The van der Waals surface area contributed by atoms with Gasteiger partial charge in [-0.1, -0.05) is 6.92 Å². The van der Waals surface area contributed by atoms with Gasteiger partial charge in [-0.2, -0.15) is 5.10 Å². The lowest BCUT2D eigenvalue weighted by Gasteiger charge is -2.07. The van der Waals surface area contributed by atoms with Crippen molar-refractivity contribution in [3.63, 3.8) is 0 Å². The fraction of sp³-hybridized carbons (Fsp3) is 0.353. The van der Waals surface area contributed by atoms with Gasteiger partial charge >= 0.3 is 0 Å². The van der Waals surface area contributed by atoms with Crippen molar-refractivity contribution in [2.75, 3.05) is 13.7 Å². The molecule has 3 aromatic rings. The Morgan fingerprint density at radius 2 is 2.28 bits per heavy atom. The Balaban J connectivity index is 1.77. The number of nitrogens with one attached hydrogen (secondary N) is 2. The maximum atomic E-state index is 12.6. The number of aryl methyl sites for hydroxylation is 2. The van der Waals surface area contributed by atoms with E-state index in [-0.39, 0.29) is 5.91 Å². The second kappa shape index (κ2) is 7.10. The molecule has 132 valence electrons. The molecule has 0 atom stereocenters. The second-order valence-corrected chi connectivity index (χ2v) is 5.99. The van der Waals surface area contributed by atoms with Crippen LogP contribution in [-0.2, 0) is 13.0 Å². The first-order valence-electron chi connectivity index (χ1n) is 8.04. The van der Waals surface area contributed by atoms with Gasteiger partial charge in [0.2, 0.25) is 0 Å². The summed E-state index contributed by atoms with van der Waals surface area (Å²) in [6, 6.07) is 5.41. The zero-order chi connectivity index (χ0) is 18.0. The zero-order valence-electron chi connectivity index (χ0n) is 14.4. The summed E-state index contributed by atoms with van der Waals surface area (Å²) in [7, 11) is 1.59. The molecule has 0 aliphatic rings. The number of carbonyl (C=O) groups is 1. The lowest BCUT2D eigenvalue weighted by Crippen LogP contribution is -2.28. The highest BCUT2D eigenvalue weighted by atomic mass is 32.1. The normalized spacial score (nSPS) is 11.0. The van der Waals surface area contributed by atoms with Crippen LogP contribution >= 0.6 is 12.2 Å². The van der Waals surface area contributed by atoms with Crippen LogP contribution in [0.15, 0.2) is 22.6 Å². The summed E-state index contributed by atoms with van der Waals surface area (Å²) in [5.41, 5.74) is 1.19. The van der Waals surface area contributed by atoms with Crippen LogP contribution in [0, 0.1) is 11.7 Å².